The topological polar surface area (TPSA) is 68.4 Å². The zero-order chi connectivity index (χ0) is 12.5. The molecule has 4 nitrogen and oxygen atoms in total. The molecule has 1 heterocycles. The normalized spacial score (nSPS) is 11.9. The Morgan fingerprint density at radius 1 is 1.38 bits per heavy atom. The number of anilines is 1. The van der Waals surface area contributed by atoms with Crippen LogP contribution >= 0.6 is 0 Å². The van der Waals surface area contributed by atoms with Crippen LogP contribution in [0.3, 0.4) is 0 Å². The molecule has 90 valence electrons. The van der Waals surface area contributed by atoms with Crippen LogP contribution in [-0.2, 0) is 0 Å². The van der Waals surface area contributed by atoms with Crippen LogP contribution in [0.2, 0.25) is 0 Å². The Hall–Kier alpha value is -1.80. The summed E-state index contributed by atoms with van der Waals surface area (Å²) in [7, 11) is 0. The molecule has 0 amide bonds. The summed E-state index contributed by atoms with van der Waals surface area (Å²) in [5.41, 5.74) is 3.92. The van der Waals surface area contributed by atoms with Gasteiger partial charge < -0.3 is 15.6 Å². The summed E-state index contributed by atoms with van der Waals surface area (Å²) in [6.45, 7) is 0. The minimum atomic E-state index is -5.12. The van der Waals surface area contributed by atoms with Crippen LogP contribution in [0.4, 0.5) is 27.8 Å². The van der Waals surface area contributed by atoms with E-state index in [0.717, 1.165) is 0 Å². The maximum Gasteiger partial charge on any atom is 0.573 e. The van der Waals surface area contributed by atoms with Gasteiger partial charge in [-0.25, -0.2) is 13.8 Å². The van der Waals surface area contributed by atoms with E-state index in [0.29, 0.717) is 0 Å². The lowest BCUT2D eigenvalue weighted by atomic mass is 10.3. The number of aromatic hydroxyl groups is 1. The average Bonchev–Trinajstić information content (AvgIpc) is 2.10. The van der Waals surface area contributed by atoms with Crippen molar-refractivity contribution in [2.75, 3.05) is 5.73 Å². The lowest BCUT2D eigenvalue weighted by molar-refractivity contribution is -0.275. The van der Waals surface area contributed by atoms with Crippen molar-refractivity contribution in [3.63, 3.8) is 0 Å². The molecule has 0 saturated carbocycles. The summed E-state index contributed by atoms with van der Waals surface area (Å²) in [6, 6.07) is 0.268. The summed E-state index contributed by atoms with van der Waals surface area (Å²) >= 11 is 0. The molecule has 0 aliphatic carbocycles. The molecular weight excluding hydrogens is 239 g/mol. The average molecular weight is 244 g/mol. The van der Waals surface area contributed by atoms with Gasteiger partial charge in [-0.05, 0) is 0 Å². The van der Waals surface area contributed by atoms with E-state index in [1.807, 2.05) is 0 Å². The van der Waals surface area contributed by atoms with Crippen molar-refractivity contribution in [2.24, 2.45) is 0 Å². The van der Waals surface area contributed by atoms with Crippen molar-refractivity contribution in [1.29, 1.82) is 0 Å². The highest BCUT2D eigenvalue weighted by Gasteiger charge is 2.33. The lowest BCUT2D eigenvalue weighted by Crippen LogP contribution is -2.18. The summed E-state index contributed by atoms with van der Waals surface area (Å²) in [6.07, 6.45) is -8.25. The number of rotatable bonds is 2. The fourth-order valence-electron chi connectivity index (χ4n) is 0.867. The molecule has 0 bridgehead atoms. The van der Waals surface area contributed by atoms with Crippen LogP contribution in [0.25, 0.3) is 0 Å². The van der Waals surface area contributed by atoms with E-state index in [1.54, 1.807) is 0 Å². The number of ether oxygens (including phenoxy) is 1. The quantitative estimate of drug-likeness (QED) is 0.782. The Morgan fingerprint density at radius 2 is 1.94 bits per heavy atom. The molecule has 1 rings (SSSR count). The third-order valence-corrected chi connectivity index (χ3v) is 1.45. The zero-order valence-electron chi connectivity index (χ0n) is 7.42. The van der Waals surface area contributed by atoms with Crippen molar-refractivity contribution < 1.29 is 31.8 Å². The summed E-state index contributed by atoms with van der Waals surface area (Å²) in [4.78, 5) is 2.99. The molecule has 1 aromatic heterocycles. The molecule has 0 atom stereocenters. The molecule has 0 aliphatic rings. The van der Waals surface area contributed by atoms with E-state index >= 15 is 0 Å². The van der Waals surface area contributed by atoms with E-state index in [2.05, 4.69) is 9.72 Å². The van der Waals surface area contributed by atoms with Gasteiger partial charge in [-0.1, -0.05) is 0 Å². The minimum Gasteiger partial charge on any atom is -0.502 e. The van der Waals surface area contributed by atoms with Crippen molar-refractivity contribution >= 4 is 5.82 Å². The Bertz CT molecular complexity index is 393. The van der Waals surface area contributed by atoms with E-state index in [4.69, 9.17) is 10.8 Å². The predicted octanol–water partition coefficient (Wildman–Crippen LogP) is 2.21. The number of hydrogen-bond donors (Lipinski definition) is 2. The fraction of sp³-hybridized carbons (Fsp3) is 0.286. The summed E-state index contributed by atoms with van der Waals surface area (Å²) < 4.78 is 63.0. The molecule has 0 aliphatic heterocycles. The number of hydrogen-bond acceptors (Lipinski definition) is 4. The van der Waals surface area contributed by atoms with Gasteiger partial charge in [-0.15, -0.1) is 13.2 Å². The van der Waals surface area contributed by atoms with Crippen molar-refractivity contribution in [3.8, 4) is 11.5 Å². The summed E-state index contributed by atoms with van der Waals surface area (Å²) in [5, 5.41) is 9.01. The van der Waals surface area contributed by atoms with Crippen LogP contribution in [-0.4, -0.2) is 16.5 Å². The Balaban J connectivity index is 3.17. The molecule has 1 aromatic rings. The largest absolute Gasteiger partial charge is 0.573 e. The third kappa shape index (κ3) is 2.84. The molecule has 0 fully saturated rings. The second kappa shape index (κ2) is 3.99. The van der Waals surface area contributed by atoms with Crippen molar-refractivity contribution in [2.45, 2.75) is 12.8 Å². The van der Waals surface area contributed by atoms with Gasteiger partial charge in [0.1, 0.15) is 5.69 Å². The van der Waals surface area contributed by atoms with Gasteiger partial charge in [-0.2, -0.15) is 0 Å². The molecule has 9 heteroatoms. The number of halogens is 5. The first-order valence-electron chi connectivity index (χ1n) is 3.74. The molecule has 0 unspecified atom stereocenters. The van der Waals surface area contributed by atoms with Crippen LogP contribution in [0.1, 0.15) is 12.1 Å². The Morgan fingerprint density at radius 3 is 2.38 bits per heavy atom. The van der Waals surface area contributed by atoms with Crippen LogP contribution in [0, 0.1) is 0 Å². The van der Waals surface area contributed by atoms with Gasteiger partial charge in [0.2, 0.25) is 5.75 Å². The fourth-order valence-corrected chi connectivity index (χ4v) is 0.867. The molecule has 0 spiro atoms. The van der Waals surface area contributed by atoms with Gasteiger partial charge in [0.15, 0.2) is 11.6 Å². The van der Waals surface area contributed by atoms with E-state index in [1.165, 1.54) is 0 Å². The van der Waals surface area contributed by atoms with Gasteiger partial charge in [0.25, 0.3) is 6.43 Å². The third-order valence-electron chi connectivity index (χ3n) is 1.45. The van der Waals surface area contributed by atoms with Gasteiger partial charge in [0.05, 0.1) is 0 Å². The van der Waals surface area contributed by atoms with Gasteiger partial charge >= 0.3 is 6.36 Å². The molecule has 3 N–H and O–H groups in total. The number of alkyl halides is 5. The smallest absolute Gasteiger partial charge is 0.502 e. The van der Waals surface area contributed by atoms with Crippen LogP contribution in [0.15, 0.2) is 6.07 Å². The van der Waals surface area contributed by atoms with E-state index < -0.39 is 35.8 Å². The van der Waals surface area contributed by atoms with E-state index in [-0.39, 0.29) is 6.07 Å². The first kappa shape index (κ1) is 12.3. The minimum absolute atomic E-state index is 0.268. The van der Waals surface area contributed by atoms with Gasteiger partial charge in [0, 0.05) is 6.07 Å². The second-order valence-corrected chi connectivity index (χ2v) is 2.63. The van der Waals surface area contributed by atoms with Gasteiger partial charge in [-0.3, -0.25) is 0 Å². The zero-order valence-corrected chi connectivity index (χ0v) is 7.42. The SMILES string of the molecule is Nc1nc(C(F)F)cc(OC(F)(F)F)c1O. The lowest BCUT2D eigenvalue weighted by Gasteiger charge is -2.12. The first-order chi connectivity index (χ1) is 7.20. The van der Waals surface area contributed by atoms with Crippen LogP contribution < -0.4 is 10.5 Å². The predicted molar refractivity (Wildman–Crippen MR) is 42.0 cm³/mol. The number of nitrogens with two attached hydrogens (primary N) is 1. The highest BCUT2D eigenvalue weighted by Crippen LogP contribution is 2.37. The molecule has 0 aromatic carbocycles. The standard InChI is InChI=1S/C7H5F5N2O2/c8-5(9)2-1-3(16-7(10,11)12)4(15)6(13)14-2/h1,5,15H,(H2,13,14). The monoisotopic (exact) mass is 244 g/mol. The maximum absolute atomic E-state index is 12.2. The first-order valence-corrected chi connectivity index (χ1v) is 3.74. The highest BCUT2D eigenvalue weighted by molar-refractivity contribution is 5.55. The molecule has 0 saturated heterocycles. The highest BCUT2D eigenvalue weighted by atomic mass is 19.4. The number of nitrogens with zero attached hydrogens (tertiary/aromatic N) is 1. The van der Waals surface area contributed by atoms with Crippen molar-refractivity contribution in [1.82, 2.24) is 4.98 Å². The second-order valence-electron chi connectivity index (χ2n) is 2.63. The maximum atomic E-state index is 12.2. The Kier molecular flexibility index (Phi) is 3.06. The molecule has 0 radical (unpaired) electrons. The van der Waals surface area contributed by atoms with Crippen molar-refractivity contribution in [3.05, 3.63) is 11.8 Å². The number of nitrogen functional groups attached to an aromatic ring is 1. The molecular formula is C7H5F5N2O2. The van der Waals surface area contributed by atoms with Crippen LogP contribution in [0.5, 0.6) is 11.5 Å². The molecule has 16 heavy (non-hydrogen) atoms. The summed E-state index contributed by atoms with van der Waals surface area (Å²) in [5.74, 6) is -3.21. The Labute approximate surface area is 85.5 Å². The van der Waals surface area contributed by atoms with E-state index in [9.17, 15) is 22.0 Å². The number of aromatic nitrogens is 1. The number of pyridine rings is 1.